The number of hydrogen-bond donors (Lipinski definition) is 1. The number of rotatable bonds is 6. The minimum atomic E-state index is -4.02. The van der Waals surface area contributed by atoms with Crippen molar-refractivity contribution in [2.75, 3.05) is 12.4 Å². The first-order valence-corrected chi connectivity index (χ1v) is 10.0. The molecule has 0 saturated heterocycles. The van der Waals surface area contributed by atoms with Gasteiger partial charge >= 0.3 is 0 Å². The van der Waals surface area contributed by atoms with Crippen molar-refractivity contribution in [2.45, 2.75) is 4.90 Å². The van der Waals surface area contributed by atoms with E-state index in [0.29, 0.717) is 17.0 Å². The molecule has 0 unspecified atom stereocenters. The van der Waals surface area contributed by atoms with Gasteiger partial charge in [0.15, 0.2) is 0 Å². The molecule has 0 spiro atoms. The fourth-order valence-electron chi connectivity index (χ4n) is 2.56. The standard InChI is InChI=1S/C22H19NO4S/c1-27-19-14-12-17(13-15-19)16-21(22(24)23-18-8-4-2-5-9-18)28(25,26)20-10-6-3-7-11-20/h2-16H,1H3,(H,23,24)/b21-16+. The van der Waals surface area contributed by atoms with E-state index >= 15 is 0 Å². The second-order valence-electron chi connectivity index (χ2n) is 5.92. The molecule has 1 amide bonds. The zero-order valence-corrected chi connectivity index (χ0v) is 16.0. The van der Waals surface area contributed by atoms with Gasteiger partial charge in [0.25, 0.3) is 5.91 Å². The monoisotopic (exact) mass is 393 g/mol. The zero-order chi connectivity index (χ0) is 20.0. The Kier molecular flexibility index (Phi) is 5.91. The lowest BCUT2D eigenvalue weighted by Gasteiger charge is -2.11. The average Bonchev–Trinajstić information content (AvgIpc) is 2.73. The summed E-state index contributed by atoms with van der Waals surface area (Å²) in [6.45, 7) is 0. The summed E-state index contributed by atoms with van der Waals surface area (Å²) in [5, 5.41) is 2.65. The van der Waals surface area contributed by atoms with Crippen molar-refractivity contribution in [2.24, 2.45) is 0 Å². The van der Waals surface area contributed by atoms with Crippen molar-refractivity contribution in [1.82, 2.24) is 0 Å². The van der Waals surface area contributed by atoms with Crippen LogP contribution in [0.15, 0.2) is 94.7 Å². The third-order valence-corrected chi connectivity index (χ3v) is 5.79. The van der Waals surface area contributed by atoms with Crippen LogP contribution >= 0.6 is 0 Å². The zero-order valence-electron chi connectivity index (χ0n) is 15.2. The van der Waals surface area contributed by atoms with Gasteiger partial charge in [-0.2, -0.15) is 0 Å². The molecule has 6 heteroatoms. The highest BCUT2D eigenvalue weighted by Crippen LogP contribution is 2.24. The van der Waals surface area contributed by atoms with E-state index in [1.165, 1.54) is 18.2 Å². The van der Waals surface area contributed by atoms with Gasteiger partial charge in [0.1, 0.15) is 10.7 Å². The quantitative estimate of drug-likeness (QED) is 0.639. The van der Waals surface area contributed by atoms with E-state index in [1.54, 1.807) is 73.8 Å². The summed E-state index contributed by atoms with van der Waals surface area (Å²) < 4.78 is 31.4. The van der Waals surface area contributed by atoms with Gasteiger partial charge in [-0.1, -0.05) is 48.5 Å². The Balaban J connectivity index is 2.05. The molecule has 142 valence electrons. The van der Waals surface area contributed by atoms with Crippen LogP contribution in [0.1, 0.15) is 5.56 Å². The fourth-order valence-corrected chi connectivity index (χ4v) is 3.91. The molecule has 0 aliphatic rings. The highest BCUT2D eigenvalue weighted by atomic mass is 32.2. The fraction of sp³-hybridized carbons (Fsp3) is 0.0455. The molecule has 0 atom stereocenters. The molecule has 0 aliphatic heterocycles. The number of anilines is 1. The molecule has 1 N–H and O–H groups in total. The van der Waals surface area contributed by atoms with Gasteiger partial charge in [-0.25, -0.2) is 8.42 Å². The first kappa shape index (κ1) is 19.4. The Morgan fingerprint density at radius 2 is 1.43 bits per heavy atom. The molecule has 3 aromatic carbocycles. The third-order valence-electron chi connectivity index (χ3n) is 4.01. The van der Waals surface area contributed by atoms with E-state index in [9.17, 15) is 13.2 Å². The number of carbonyl (C=O) groups is 1. The van der Waals surface area contributed by atoms with E-state index in [-0.39, 0.29) is 9.80 Å². The molecule has 3 rings (SSSR count). The molecule has 3 aromatic rings. The number of amides is 1. The van der Waals surface area contributed by atoms with E-state index in [2.05, 4.69) is 5.32 Å². The van der Waals surface area contributed by atoms with Crippen molar-refractivity contribution in [3.05, 3.63) is 95.4 Å². The lowest BCUT2D eigenvalue weighted by atomic mass is 10.2. The van der Waals surface area contributed by atoms with E-state index in [1.807, 2.05) is 6.07 Å². The lowest BCUT2D eigenvalue weighted by Crippen LogP contribution is -2.21. The van der Waals surface area contributed by atoms with Gasteiger partial charge in [-0.3, -0.25) is 4.79 Å². The smallest absolute Gasteiger partial charge is 0.267 e. The number of carbonyl (C=O) groups excluding carboxylic acids is 1. The maximum atomic E-state index is 13.1. The Bertz CT molecular complexity index is 1070. The number of ether oxygens (including phenoxy) is 1. The molecule has 5 nitrogen and oxygen atoms in total. The number of sulfone groups is 1. The second kappa shape index (κ2) is 8.54. The van der Waals surface area contributed by atoms with Gasteiger partial charge in [0.05, 0.1) is 12.0 Å². The van der Waals surface area contributed by atoms with Crippen LogP contribution in [-0.2, 0) is 14.6 Å². The van der Waals surface area contributed by atoms with Crippen LogP contribution in [0.25, 0.3) is 6.08 Å². The Morgan fingerprint density at radius 1 is 0.857 bits per heavy atom. The van der Waals surface area contributed by atoms with Crippen LogP contribution in [0, 0.1) is 0 Å². The molecule has 0 aliphatic carbocycles. The molecule has 0 aromatic heterocycles. The predicted octanol–water partition coefficient (Wildman–Crippen LogP) is 4.15. The Morgan fingerprint density at radius 3 is 2.00 bits per heavy atom. The summed E-state index contributed by atoms with van der Waals surface area (Å²) >= 11 is 0. The topological polar surface area (TPSA) is 72.5 Å². The highest BCUT2D eigenvalue weighted by Gasteiger charge is 2.27. The number of hydrogen-bond acceptors (Lipinski definition) is 4. The van der Waals surface area contributed by atoms with Gasteiger partial charge in [-0.15, -0.1) is 0 Å². The number of methoxy groups -OCH3 is 1. The minimum Gasteiger partial charge on any atom is -0.497 e. The number of benzene rings is 3. The summed E-state index contributed by atoms with van der Waals surface area (Å²) in [5.74, 6) is -0.0655. The summed E-state index contributed by atoms with van der Waals surface area (Å²) in [6, 6.07) is 23.4. The number of para-hydroxylation sites is 1. The molecule has 0 fully saturated rings. The normalized spacial score (nSPS) is 11.7. The van der Waals surface area contributed by atoms with Gasteiger partial charge in [0, 0.05) is 5.69 Å². The van der Waals surface area contributed by atoms with Gasteiger partial charge in [-0.05, 0) is 48.0 Å². The Hall–Kier alpha value is -3.38. The minimum absolute atomic E-state index is 0.0537. The van der Waals surface area contributed by atoms with Crippen LogP contribution in [0.4, 0.5) is 5.69 Å². The first-order valence-electron chi connectivity index (χ1n) is 8.53. The van der Waals surface area contributed by atoms with Crippen molar-refractivity contribution in [3.63, 3.8) is 0 Å². The van der Waals surface area contributed by atoms with E-state index in [0.717, 1.165) is 0 Å². The summed E-state index contributed by atoms with van der Waals surface area (Å²) in [6.07, 6.45) is 1.36. The van der Waals surface area contributed by atoms with Crippen molar-refractivity contribution in [1.29, 1.82) is 0 Å². The molecule has 0 saturated carbocycles. The van der Waals surface area contributed by atoms with Crippen LogP contribution < -0.4 is 10.1 Å². The van der Waals surface area contributed by atoms with Crippen LogP contribution in [0.2, 0.25) is 0 Å². The van der Waals surface area contributed by atoms with E-state index < -0.39 is 15.7 Å². The summed E-state index contributed by atoms with van der Waals surface area (Å²) in [5.41, 5.74) is 1.08. The maximum absolute atomic E-state index is 13.1. The molecular formula is C22H19NO4S. The second-order valence-corrected chi connectivity index (χ2v) is 7.84. The van der Waals surface area contributed by atoms with Gasteiger partial charge < -0.3 is 10.1 Å². The average molecular weight is 393 g/mol. The molecule has 0 bridgehead atoms. The van der Waals surface area contributed by atoms with Crippen molar-refractivity contribution >= 4 is 27.5 Å². The van der Waals surface area contributed by atoms with Crippen LogP contribution in [0.3, 0.4) is 0 Å². The molecule has 28 heavy (non-hydrogen) atoms. The van der Waals surface area contributed by atoms with E-state index in [4.69, 9.17) is 4.74 Å². The SMILES string of the molecule is COc1ccc(/C=C(\C(=O)Nc2ccccc2)S(=O)(=O)c2ccccc2)cc1. The summed E-state index contributed by atoms with van der Waals surface area (Å²) in [4.78, 5) is 12.6. The Labute approximate surface area is 164 Å². The van der Waals surface area contributed by atoms with Crippen molar-refractivity contribution in [3.8, 4) is 5.75 Å². The van der Waals surface area contributed by atoms with Crippen molar-refractivity contribution < 1.29 is 17.9 Å². The van der Waals surface area contributed by atoms with Crippen LogP contribution in [-0.4, -0.2) is 21.4 Å². The number of nitrogens with one attached hydrogen (secondary N) is 1. The first-order chi connectivity index (χ1) is 13.5. The third kappa shape index (κ3) is 4.47. The molecular weight excluding hydrogens is 374 g/mol. The molecule has 0 heterocycles. The predicted molar refractivity (Wildman–Crippen MR) is 110 cm³/mol. The largest absolute Gasteiger partial charge is 0.497 e. The maximum Gasteiger partial charge on any atom is 0.267 e. The highest BCUT2D eigenvalue weighted by molar-refractivity contribution is 7.96. The van der Waals surface area contributed by atoms with Gasteiger partial charge in [0.2, 0.25) is 9.84 Å². The van der Waals surface area contributed by atoms with Crippen LogP contribution in [0.5, 0.6) is 5.75 Å². The lowest BCUT2D eigenvalue weighted by molar-refractivity contribution is -0.112. The molecule has 0 radical (unpaired) electrons. The summed E-state index contributed by atoms with van der Waals surface area (Å²) in [7, 11) is -2.47.